The molecule has 39 heavy (non-hydrogen) atoms. The highest BCUT2D eigenvalue weighted by molar-refractivity contribution is 5.66. The third-order valence-corrected chi connectivity index (χ3v) is 5.55. The predicted octanol–water partition coefficient (Wildman–Crippen LogP) is 5.96. The van der Waals surface area contributed by atoms with Gasteiger partial charge in [-0.15, -0.1) is 0 Å². The minimum absolute atomic E-state index is 0.0842. The number of carbonyl (C=O) groups excluding carboxylic acids is 1. The second-order valence-corrected chi connectivity index (χ2v) is 9.11. The number of rotatable bonds is 16. The smallest absolute Gasteiger partial charge is 0.395 e. The summed E-state index contributed by atoms with van der Waals surface area (Å²) in [6.45, 7) is 2.14. The molecule has 0 radical (unpaired) electrons. The van der Waals surface area contributed by atoms with Crippen LogP contribution in [-0.2, 0) is 19.0 Å². The quantitative estimate of drug-likeness (QED) is 0.124. The Morgan fingerprint density at radius 1 is 0.795 bits per heavy atom. The van der Waals surface area contributed by atoms with Crippen LogP contribution in [0.3, 0.4) is 0 Å². The van der Waals surface area contributed by atoms with Crippen molar-refractivity contribution in [3.8, 4) is 0 Å². The summed E-state index contributed by atoms with van der Waals surface area (Å²) in [5.41, 5.74) is 0. The minimum Gasteiger partial charge on any atom is -0.460 e. The largest absolute Gasteiger partial charge is 0.460 e. The van der Waals surface area contributed by atoms with Gasteiger partial charge in [-0.25, -0.2) is 8.78 Å². The fourth-order valence-electron chi connectivity index (χ4n) is 3.48. The van der Waals surface area contributed by atoms with E-state index in [0.29, 0.717) is 32.8 Å². The lowest BCUT2D eigenvalue weighted by molar-refractivity contribution is -0.282. The molecule has 0 aromatic heterocycles. The van der Waals surface area contributed by atoms with Crippen LogP contribution in [0.25, 0.3) is 0 Å². The van der Waals surface area contributed by atoms with Crippen LogP contribution in [0, 0.1) is 0 Å². The first-order valence-corrected chi connectivity index (χ1v) is 11.5. The van der Waals surface area contributed by atoms with Crippen molar-refractivity contribution < 1.29 is 76.1 Å². The van der Waals surface area contributed by atoms with E-state index in [1.807, 2.05) is 4.90 Å². The van der Waals surface area contributed by atoms with Gasteiger partial charge in [-0.2, -0.15) is 48.3 Å². The van der Waals surface area contributed by atoms with Crippen LogP contribution < -0.4 is 0 Å². The van der Waals surface area contributed by atoms with Gasteiger partial charge in [0.15, 0.2) is 0 Å². The Kier molecular flexibility index (Phi) is 12.2. The molecule has 0 aromatic rings. The van der Waals surface area contributed by atoms with Crippen LogP contribution in [0.4, 0.5) is 57.1 Å². The third-order valence-electron chi connectivity index (χ3n) is 5.55. The van der Waals surface area contributed by atoms with Gasteiger partial charge >= 0.3 is 35.8 Å². The van der Waals surface area contributed by atoms with Crippen molar-refractivity contribution in [1.29, 1.82) is 0 Å². The second-order valence-electron chi connectivity index (χ2n) is 9.11. The number of esters is 1. The van der Waals surface area contributed by atoms with Gasteiger partial charge in [0, 0.05) is 39.4 Å². The fraction of sp³-hybridized carbons (Fsp3) is 0.952. The lowest BCUT2D eigenvalue weighted by Gasteiger charge is -2.32. The van der Waals surface area contributed by atoms with Crippen molar-refractivity contribution in [2.45, 2.75) is 80.9 Å². The maximum absolute atomic E-state index is 14.3. The van der Waals surface area contributed by atoms with Crippen LogP contribution in [0.1, 0.15) is 39.0 Å². The zero-order valence-electron chi connectivity index (χ0n) is 20.6. The van der Waals surface area contributed by atoms with Crippen LogP contribution in [0.2, 0.25) is 0 Å². The van der Waals surface area contributed by atoms with Gasteiger partial charge in [-0.3, -0.25) is 9.69 Å². The SMILES string of the molecule is CC(=O)OC(COCCN1CCOCC1)CC(F)(F)C(F)(F)CCC(F)(F)CC(F)(F)C(F)(F)CC(F)(F)F. The fourth-order valence-corrected chi connectivity index (χ4v) is 3.48. The average molecular weight is 605 g/mol. The summed E-state index contributed by atoms with van der Waals surface area (Å²) < 4.78 is 189. The first kappa shape index (κ1) is 35.5. The van der Waals surface area contributed by atoms with E-state index >= 15 is 0 Å². The van der Waals surface area contributed by atoms with E-state index in [1.165, 1.54) is 0 Å². The van der Waals surface area contributed by atoms with Crippen LogP contribution >= 0.6 is 0 Å². The predicted molar refractivity (Wildman–Crippen MR) is 108 cm³/mol. The summed E-state index contributed by atoms with van der Waals surface area (Å²) in [5.74, 6) is -28.9. The Morgan fingerprint density at radius 2 is 1.33 bits per heavy atom. The maximum atomic E-state index is 14.3. The maximum Gasteiger partial charge on any atom is 0.395 e. The zero-order chi connectivity index (χ0) is 30.3. The highest BCUT2D eigenvalue weighted by atomic mass is 19.4. The van der Waals surface area contributed by atoms with Crippen molar-refractivity contribution in [3.63, 3.8) is 0 Å². The lowest BCUT2D eigenvalue weighted by atomic mass is 9.94. The molecule has 18 heteroatoms. The van der Waals surface area contributed by atoms with Crippen molar-refractivity contribution >= 4 is 5.97 Å². The molecule has 1 rings (SSSR count). The van der Waals surface area contributed by atoms with Crippen molar-refractivity contribution in [1.82, 2.24) is 4.90 Å². The van der Waals surface area contributed by atoms with E-state index in [-0.39, 0.29) is 6.61 Å². The Labute approximate surface area is 214 Å². The normalized spacial score (nSPS) is 17.8. The van der Waals surface area contributed by atoms with Crippen molar-refractivity contribution in [3.05, 3.63) is 0 Å². The number of carbonyl (C=O) groups is 1. The van der Waals surface area contributed by atoms with Crippen LogP contribution in [-0.4, -0.2) is 98.8 Å². The molecule has 0 amide bonds. The molecule has 0 saturated carbocycles. The third kappa shape index (κ3) is 12.2. The van der Waals surface area contributed by atoms with Gasteiger partial charge in [0.05, 0.1) is 39.3 Å². The molecule has 0 aliphatic carbocycles. The molecule has 1 unspecified atom stereocenters. The molecule has 0 bridgehead atoms. The van der Waals surface area contributed by atoms with Gasteiger partial charge in [0.2, 0.25) is 0 Å². The van der Waals surface area contributed by atoms with E-state index in [2.05, 4.69) is 4.74 Å². The van der Waals surface area contributed by atoms with Crippen LogP contribution in [0.15, 0.2) is 0 Å². The Morgan fingerprint density at radius 3 is 1.85 bits per heavy atom. The molecule has 1 fully saturated rings. The van der Waals surface area contributed by atoms with E-state index in [4.69, 9.17) is 9.47 Å². The molecular weight excluding hydrogens is 577 g/mol. The van der Waals surface area contributed by atoms with Gasteiger partial charge in [0.1, 0.15) is 12.5 Å². The molecule has 0 N–H and O–H groups in total. The van der Waals surface area contributed by atoms with Gasteiger partial charge in [-0.1, -0.05) is 0 Å². The number of halogens is 13. The molecule has 232 valence electrons. The van der Waals surface area contributed by atoms with E-state index in [0.717, 1.165) is 6.92 Å². The van der Waals surface area contributed by atoms with Crippen molar-refractivity contribution in [2.75, 3.05) is 46.1 Å². The highest BCUT2D eigenvalue weighted by Gasteiger charge is 2.64. The standard InChI is InChI=1S/C21H28F13NO4/c1-14(36)39-15(11-38-9-6-35-4-7-37-8-5-35)10-18(26,27)17(24,25)3-2-16(22,23)12-19(28,29)20(30,31)13-21(32,33)34/h15H,2-13H2,1H3. The molecule has 0 spiro atoms. The lowest BCUT2D eigenvalue weighted by Crippen LogP contribution is -2.48. The zero-order valence-corrected chi connectivity index (χ0v) is 20.6. The molecule has 5 nitrogen and oxygen atoms in total. The van der Waals surface area contributed by atoms with E-state index in [1.54, 1.807) is 0 Å². The highest BCUT2D eigenvalue weighted by Crippen LogP contribution is 2.49. The number of alkyl halides is 13. The second kappa shape index (κ2) is 13.4. The Bertz CT molecular complexity index is 771. The molecule has 1 saturated heterocycles. The van der Waals surface area contributed by atoms with Gasteiger partial charge < -0.3 is 14.2 Å². The number of hydrogen-bond donors (Lipinski definition) is 0. The first-order valence-electron chi connectivity index (χ1n) is 11.5. The molecule has 0 aromatic carbocycles. The number of ether oxygens (including phenoxy) is 3. The number of nitrogens with zero attached hydrogens (tertiary/aromatic N) is 1. The first-order chi connectivity index (χ1) is 17.5. The van der Waals surface area contributed by atoms with E-state index in [9.17, 15) is 61.9 Å². The number of morpholine rings is 1. The van der Waals surface area contributed by atoms with Crippen molar-refractivity contribution in [2.24, 2.45) is 0 Å². The average Bonchev–Trinajstić information content (AvgIpc) is 2.73. The Hall–Kier alpha value is -1.56. The monoisotopic (exact) mass is 605 g/mol. The molecule has 1 heterocycles. The molecule has 1 aliphatic heterocycles. The summed E-state index contributed by atoms with van der Waals surface area (Å²) in [7, 11) is 0. The molecular formula is C21H28F13NO4. The summed E-state index contributed by atoms with van der Waals surface area (Å²) in [5, 5.41) is 0. The molecule has 1 aliphatic rings. The van der Waals surface area contributed by atoms with Gasteiger partial charge in [0.25, 0.3) is 5.92 Å². The topological polar surface area (TPSA) is 48.0 Å². The minimum atomic E-state index is -6.01. The molecule has 1 atom stereocenters. The summed E-state index contributed by atoms with van der Waals surface area (Å²) >= 11 is 0. The summed E-state index contributed by atoms with van der Waals surface area (Å²) in [6.07, 6.45) is -21.5. The van der Waals surface area contributed by atoms with Gasteiger partial charge in [-0.05, 0) is 0 Å². The number of hydrogen-bond acceptors (Lipinski definition) is 5. The summed E-state index contributed by atoms with van der Waals surface area (Å²) in [6, 6.07) is 0. The summed E-state index contributed by atoms with van der Waals surface area (Å²) in [4.78, 5) is 13.1. The Balaban J connectivity index is 2.77. The van der Waals surface area contributed by atoms with E-state index < -0.39 is 86.6 Å². The van der Waals surface area contributed by atoms with Crippen LogP contribution in [0.5, 0.6) is 0 Å².